The first-order chi connectivity index (χ1) is 13.4. The Labute approximate surface area is 169 Å². The summed E-state index contributed by atoms with van der Waals surface area (Å²) in [4.78, 5) is 12.0. The summed E-state index contributed by atoms with van der Waals surface area (Å²) in [6, 6.07) is 7.64. The lowest BCUT2D eigenvalue weighted by Crippen LogP contribution is -2.36. The zero-order valence-electron chi connectivity index (χ0n) is 17.5. The largest absolute Gasteiger partial charge is 0.493 e. The van der Waals surface area contributed by atoms with Gasteiger partial charge >= 0.3 is 6.03 Å². The van der Waals surface area contributed by atoms with Crippen molar-refractivity contribution >= 4 is 6.03 Å². The van der Waals surface area contributed by atoms with Crippen molar-refractivity contribution < 1.29 is 14.3 Å². The molecule has 154 valence electrons. The Morgan fingerprint density at radius 3 is 2.32 bits per heavy atom. The van der Waals surface area contributed by atoms with Crippen molar-refractivity contribution in [1.29, 1.82) is 0 Å². The van der Waals surface area contributed by atoms with Crippen LogP contribution in [0.2, 0.25) is 0 Å². The molecule has 1 unspecified atom stereocenters. The van der Waals surface area contributed by atoms with E-state index in [9.17, 15) is 4.79 Å². The molecule has 0 spiro atoms. The second-order valence-corrected chi connectivity index (χ2v) is 8.02. The van der Waals surface area contributed by atoms with Crippen LogP contribution in [0.5, 0.6) is 5.75 Å². The van der Waals surface area contributed by atoms with E-state index in [-0.39, 0.29) is 12.1 Å². The molecule has 2 rings (SSSR count). The monoisotopic (exact) mass is 386 g/mol. The molecule has 1 aliphatic carbocycles. The van der Waals surface area contributed by atoms with Crippen LogP contribution in [0.1, 0.15) is 39.7 Å². The molecule has 5 nitrogen and oxygen atoms in total. The third-order valence-corrected chi connectivity index (χ3v) is 4.19. The van der Waals surface area contributed by atoms with E-state index in [4.69, 9.17) is 9.47 Å². The summed E-state index contributed by atoms with van der Waals surface area (Å²) in [5.74, 6) is 1.89. The molecule has 0 heterocycles. The summed E-state index contributed by atoms with van der Waals surface area (Å²) in [7, 11) is 0. The highest BCUT2D eigenvalue weighted by molar-refractivity contribution is 5.74. The molecule has 0 saturated carbocycles. The van der Waals surface area contributed by atoms with Crippen molar-refractivity contribution in [3.63, 3.8) is 0 Å². The maximum Gasteiger partial charge on any atom is 0.315 e. The Kier molecular flexibility index (Phi) is 9.08. The predicted octanol–water partition coefficient (Wildman–Crippen LogP) is 4.45. The summed E-state index contributed by atoms with van der Waals surface area (Å²) in [6.45, 7) is 11.0. The normalized spacial score (nSPS) is 16.2. The fraction of sp³-hybridized carbons (Fsp3) is 0.522. The molecular formula is C23H34N2O3. The van der Waals surface area contributed by atoms with Crippen LogP contribution in [0.3, 0.4) is 0 Å². The van der Waals surface area contributed by atoms with Crippen LogP contribution in [-0.2, 0) is 11.3 Å². The van der Waals surface area contributed by atoms with E-state index < -0.39 is 0 Å². The molecule has 0 saturated heterocycles. The Morgan fingerprint density at radius 1 is 1.04 bits per heavy atom. The number of carbonyl (C=O) groups is 1. The van der Waals surface area contributed by atoms with Gasteiger partial charge in [-0.15, -0.1) is 0 Å². The number of urea groups is 1. The fourth-order valence-corrected chi connectivity index (χ4v) is 2.61. The van der Waals surface area contributed by atoms with Gasteiger partial charge in [-0.2, -0.15) is 0 Å². The van der Waals surface area contributed by atoms with E-state index in [0.29, 0.717) is 31.5 Å². The quantitative estimate of drug-likeness (QED) is 0.625. The molecule has 28 heavy (non-hydrogen) atoms. The van der Waals surface area contributed by atoms with E-state index in [1.54, 1.807) is 0 Å². The Morgan fingerprint density at radius 2 is 1.71 bits per heavy atom. The smallest absolute Gasteiger partial charge is 0.315 e. The van der Waals surface area contributed by atoms with Gasteiger partial charge in [0.25, 0.3) is 0 Å². The van der Waals surface area contributed by atoms with Crippen LogP contribution in [0.4, 0.5) is 4.79 Å². The van der Waals surface area contributed by atoms with Crippen molar-refractivity contribution in [1.82, 2.24) is 10.6 Å². The van der Waals surface area contributed by atoms with E-state index in [2.05, 4.69) is 50.5 Å². The lowest BCUT2D eigenvalue weighted by atomic mass is 10.0. The van der Waals surface area contributed by atoms with Crippen molar-refractivity contribution in [3.05, 3.63) is 53.6 Å². The van der Waals surface area contributed by atoms with Crippen molar-refractivity contribution in [2.24, 2.45) is 11.8 Å². The lowest BCUT2D eigenvalue weighted by Gasteiger charge is -2.18. The van der Waals surface area contributed by atoms with E-state index in [1.165, 1.54) is 0 Å². The molecule has 1 aliphatic rings. The van der Waals surface area contributed by atoms with Gasteiger partial charge in [0.05, 0.1) is 12.7 Å². The van der Waals surface area contributed by atoms with Gasteiger partial charge < -0.3 is 20.1 Å². The summed E-state index contributed by atoms with van der Waals surface area (Å²) >= 11 is 0. The van der Waals surface area contributed by atoms with Gasteiger partial charge in [-0.3, -0.25) is 0 Å². The van der Waals surface area contributed by atoms with Crippen molar-refractivity contribution in [3.8, 4) is 5.75 Å². The molecule has 0 fully saturated rings. The second kappa shape index (κ2) is 11.5. The van der Waals surface area contributed by atoms with Gasteiger partial charge in [-0.1, -0.05) is 58.1 Å². The molecular weight excluding hydrogens is 352 g/mol. The number of nitrogens with one attached hydrogen (secondary N) is 2. The topological polar surface area (TPSA) is 59.6 Å². The number of ether oxygens (including phenoxy) is 2. The third-order valence-electron chi connectivity index (χ3n) is 4.19. The second-order valence-electron chi connectivity index (χ2n) is 8.02. The number of hydrogen-bond donors (Lipinski definition) is 2. The molecule has 1 aromatic rings. The zero-order valence-corrected chi connectivity index (χ0v) is 17.5. The Balaban J connectivity index is 1.64. The van der Waals surface area contributed by atoms with Crippen LogP contribution in [0, 0.1) is 11.8 Å². The molecule has 1 aromatic carbocycles. The minimum atomic E-state index is -0.174. The maximum atomic E-state index is 12.0. The van der Waals surface area contributed by atoms with Crippen molar-refractivity contribution in [2.75, 3.05) is 19.8 Å². The first kappa shape index (κ1) is 22.0. The SMILES string of the molecule is CC(C)COc1ccc(CNC(=O)NCC2=CCC(OCC(C)C)C=C2)cc1. The number of benzene rings is 1. The number of rotatable bonds is 10. The van der Waals surface area contributed by atoms with Crippen LogP contribution in [-0.4, -0.2) is 31.9 Å². The van der Waals surface area contributed by atoms with Crippen LogP contribution in [0.15, 0.2) is 48.1 Å². The first-order valence-electron chi connectivity index (χ1n) is 10.1. The molecule has 5 heteroatoms. The Bertz CT molecular complexity index is 663. The van der Waals surface area contributed by atoms with E-state index in [0.717, 1.165) is 29.9 Å². The van der Waals surface area contributed by atoms with Gasteiger partial charge in [0.2, 0.25) is 0 Å². The van der Waals surface area contributed by atoms with E-state index >= 15 is 0 Å². The number of carbonyl (C=O) groups excluding carboxylic acids is 1. The number of amides is 2. The highest BCUT2D eigenvalue weighted by atomic mass is 16.5. The molecule has 2 amide bonds. The Hall–Kier alpha value is -2.27. The molecule has 1 atom stereocenters. The van der Waals surface area contributed by atoms with Crippen LogP contribution in [0.25, 0.3) is 0 Å². The zero-order chi connectivity index (χ0) is 20.4. The first-order valence-corrected chi connectivity index (χ1v) is 10.1. The van der Waals surface area contributed by atoms with Crippen molar-refractivity contribution in [2.45, 2.75) is 46.8 Å². The molecule has 0 aromatic heterocycles. The fourth-order valence-electron chi connectivity index (χ4n) is 2.61. The summed E-state index contributed by atoms with van der Waals surface area (Å²) in [6.07, 6.45) is 7.23. The third kappa shape index (κ3) is 8.61. The highest BCUT2D eigenvalue weighted by Crippen LogP contribution is 2.14. The average molecular weight is 387 g/mol. The average Bonchev–Trinajstić information content (AvgIpc) is 2.69. The molecule has 2 N–H and O–H groups in total. The minimum absolute atomic E-state index is 0.146. The lowest BCUT2D eigenvalue weighted by molar-refractivity contribution is 0.0661. The standard InChI is InChI=1S/C23H34N2O3/c1-17(2)15-27-21-9-5-19(6-10-21)13-24-23(26)25-14-20-7-11-22(12-8-20)28-16-18(3)4/h5-11,17-18,22H,12-16H2,1-4H3,(H2,24,25,26). The molecule has 0 bridgehead atoms. The summed E-state index contributed by atoms with van der Waals surface area (Å²) in [5, 5.41) is 5.78. The summed E-state index contributed by atoms with van der Waals surface area (Å²) in [5.41, 5.74) is 2.14. The van der Waals surface area contributed by atoms with Gasteiger partial charge in [0.1, 0.15) is 5.75 Å². The van der Waals surface area contributed by atoms with Gasteiger partial charge in [0, 0.05) is 19.7 Å². The predicted molar refractivity (Wildman–Crippen MR) is 113 cm³/mol. The highest BCUT2D eigenvalue weighted by Gasteiger charge is 2.10. The van der Waals surface area contributed by atoms with Crippen LogP contribution < -0.4 is 15.4 Å². The van der Waals surface area contributed by atoms with Crippen LogP contribution >= 0.6 is 0 Å². The van der Waals surface area contributed by atoms with Gasteiger partial charge in [0.15, 0.2) is 0 Å². The number of hydrogen-bond acceptors (Lipinski definition) is 3. The van der Waals surface area contributed by atoms with Gasteiger partial charge in [-0.25, -0.2) is 4.79 Å². The minimum Gasteiger partial charge on any atom is -0.493 e. The summed E-state index contributed by atoms with van der Waals surface area (Å²) < 4.78 is 11.5. The van der Waals surface area contributed by atoms with E-state index in [1.807, 2.05) is 30.3 Å². The maximum absolute atomic E-state index is 12.0. The van der Waals surface area contributed by atoms with Gasteiger partial charge in [-0.05, 0) is 41.5 Å². The molecule has 0 radical (unpaired) electrons. The molecule has 0 aliphatic heterocycles.